The second-order valence-electron chi connectivity index (χ2n) is 14.9. The first-order valence-electron chi connectivity index (χ1n) is 20.7. The van der Waals surface area contributed by atoms with Crippen molar-refractivity contribution in [3.05, 3.63) is 83.9 Å². The molecule has 1 fully saturated rings. The molecule has 3 aromatic rings. The summed E-state index contributed by atoms with van der Waals surface area (Å²) < 4.78 is 31.0. The second-order valence-corrected chi connectivity index (χ2v) is 14.9. The molecule has 2 unspecified atom stereocenters. The molecule has 4 rings (SSSR count). The van der Waals surface area contributed by atoms with Crippen LogP contribution in [0.1, 0.15) is 50.6 Å². The number of carbonyl (C=O) groups is 8. The van der Waals surface area contributed by atoms with Crippen molar-refractivity contribution in [1.29, 1.82) is 0 Å². The largest absolute Gasteiger partial charge is 0.456 e. The molecule has 2 aromatic heterocycles. The van der Waals surface area contributed by atoms with E-state index in [0.29, 0.717) is 50.0 Å². The number of amides is 5. The van der Waals surface area contributed by atoms with Gasteiger partial charge in [0.15, 0.2) is 6.61 Å². The van der Waals surface area contributed by atoms with Crippen LogP contribution in [-0.4, -0.2) is 157 Å². The summed E-state index contributed by atoms with van der Waals surface area (Å²) in [4.78, 5) is 112. The van der Waals surface area contributed by atoms with E-state index in [4.69, 9.17) is 28.4 Å². The van der Waals surface area contributed by atoms with E-state index in [9.17, 15) is 38.4 Å². The van der Waals surface area contributed by atoms with Gasteiger partial charge in [-0.15, -0.1) is 0 Å². The Labute approximate surface area is 376 Å². The van der Waals surface area contributed by atoms with Gasteiger partial charge in [-0.25, -0.2) is 19.2 Å². The van der Waals surface area contributed by atoms with Gasteiger partial charge in [0.2, 0.25) is 18.5 Å². The standard InChI is InChI=1S/C44H55N7O14/c1-29(52)60-28-39(54)51-20-10-14-37(51)41(56)63-31(3)65-44(59)49(5)22-17-36-24-34(15-19-46-36)33-12-9-11-32(23-33)27-61-42(57)50(6)26-38(53)47-25-40(55)62-30(2)64-43(58)48(4)21-16-35-13-7-8-18-45-35/h7-9,11-13,15,18-19,23-24,30-31,37H,10,14,16-17,20-22,25-28H2,1-6H3,(H,47,53)/t30?,31?,37-/m1/s1. The summed E-state index contributed by atoms with van der Waals surface area (Å²) in [5, 5.41) is 2.36. The van der Waals surface area contributed by atoms with E-state index >= 15 is 0 Å². The van der Waals surface area contributed by atoms with Crippen molar-refractivity contribution in [2.45, 2.75) is 71.7 Å². The summed E-state index contributed by atoms with van der Waals surface area (Å²) in [6.45, 7) is 3.25. The fourth-order valence-electron chi connectivity index (χ4n) is 6.23. The van der Waals surface area contributed by atoms with Crippen molar-refractivity contribution >= 4 is 48.0 Å². The van der Waals surface area contributed by atoms with Gasteiger partial charge in [0.05, 0.1) is 0 Å². The number of aromatic nitrogens is 2. The molecular formula is C44H55N7O14. The lowest BCUT2D eigenvalue weighted by molar-refractivity contribution is -0.173. The van der Waals surface area contributed by atoms with Crippen LogP contribution in [0.5, 0.6) is 0 Å². The number of ether oxygens (including phenoxy) is 6. The zero-order valence-corrected chi connectivity index (χ0v) is 37.3. The Bertz CT molecular complexity index is 2140. The number of hydrogen-bond donors (Lipinski definition) is 1. The van der Waals surface area contributed by atoms with Crippen LogP contribution in [0.15, 0.2) is 67.0 Å². The highest BCUT2D eigenvalue weighted by atomic mass is 16.7. The molecular weight excluding hydrogens is 851 g/mol. The molecule has 1 saturated heterocycles. The van der Waals surface area contributed by atoms with Gasteiger partial charge in [-0.05, 0) is 59.9 Å². The molecule has 1 aliphatic heterocycles. The molecule has 65 heavy (non-hydrogen) atoms. The number of benzene rings is 1. The predicted octanol–water partition coefficient (Wildman–Crippen LogP) is 3.08. The summed E-state index contributed by atoms with van der Waals surface area (Å²) in [6.07, 6.45) is 0.369. The number of likely N-dealkylation sites (N-methyl/N-ethyl adjacent to an activating group) is 3. The molecule has 1 N–H and O–H groups in total. The average Bonchev–Trinajstić information content (AvgIpc) is 3.79. The lowest BCUT2D eigenvalue weighted by Crippen LogP contribution is -2.44. The highest BCUT2D eigenvalue weighted by Gasteiger charge is 2.36. The molecule has 1 aliphatic rings. The Balaban J connectivity index is 1.15. The molecule has 21 heteroatoms. The van der Waals surface area contributed by atoms with Gasteiger partial charge in [0, 0.05) is 98.2 Å². The quantitative estimate of drug-likeness (QED) is 0.0973. The first-order valence-corrected chi connectivity index (χ1v) is 20.7. The van der Waals surface area contributed by atoms with Crippen molar-refractivity contribution in [1.82, 2.24) is 34.9 Å². The summed E-state index contributed by atoms with van der Waals surface area (Å²) in [5.74, 6) is -3.38. The minimum Gasteiger partial charge on any atom is -0.456 e. The maximum Gasteiger partial charge on any atom is 0.412 e. The maximum atomic E-state index is 12.8. The van der Waals surface area contributed by atoms with Crippen LogP contribution < -0.4 is 5.32 Å². The number of carbonyl (C=O) groups excluding carboxylic acids is 8. The zero-order valence-electron chi connectivity index (χ0n) is 37.3. The van der Waals surface area contributed by atoms with Gasteiger partial charge in [-0.1, -0.05) is 24.3 Å². The second kappa shape index (κ2) is 25.1. The molecule has 3 heterocycles. The molecule has 3 atom stereocenters. The molecule has 0 saturated carbocycles. The highest BCUT2D eigenvalue weighted by Crippen LogP contribution is 2.22. The van der Waals surface area contributed by atoms with E-state index in [-0.39, 0.29) is 13.2 Å². The molecule has 1 aromatic carbocycles. The third-order valence-corrected chi connectivity index (χ3v) is 9.67. The van der Waals surface area contributed by atoms with Crippen molar-refractivity contribution in [3.63, 3.8) is 0 Å². The number of nitrogens with one attached hydrogen (secondary N) is 1. The van der Waals surface area contributed by atoms with Crippen LogP contribution >= 0.6 is 0 Å². The molecule has 0 bridgehead atoms. The van der Waals surface area contributed by atoms with E-state index in [1.807, 2.05) is 30.3 Å². The van der Waals surface area contributed by atoms with Crippen LogP contribution in [0.2, 0.25) is 0 Å². The van der Waals surface area contributed by atoms with E-state index in [1.165, 1.54) is 56.6 Å². The lowest BCUT2D eigenvalue weighted by atomic mass is 10.0. The van der Waals surface area contributed by atoms with Crippen molar-refractivity contribution in [2.24, 2.45) is 0 Å². The lowest BCUT2D eigenvalue weighted by Gasteiger charge is -2.25. The van der Waals surface area contributed by atoms with Crippen molar-refractivity contribution in [2.75, 3.05) is 60.5 Å². The number of esters is 3. The fraction of sp³-hybridized carbons (Fsp3) is 0.455. The van der Waals surface area contributed by atoms with Gasteiger partial charge < -0.3 is 53.3 Å². The number of rotatable bonds is 20. The molecule has 350 valence electrons. The van der Waals surface area contributed by atoms with Gasteiger partial charge in [0.25, 0.3) is 5.91 Å². The Hall–Kier alpha value is -7.32. The van der Waals surface area contributed by atoms with Crippen LogP contribution in [0.4, 0.5) is 14.4 Å². The topological polar surface area (TPSA) is 243 Å². The third kappa shape index (κ3) is 17.1. The summed E-state index contributed by atoms with van der Waals surface area (Å²) in [6, 6.07) is 15.5. The smallest absolute Gasteiger partial charge is 0.412 e. The maximum absolute atomic E-state index is 12.8. The Kier molecular flexibility index (Phi) is 19.4. The SMILES string of the molecule is CC(=O)OCC(=O)N1CCC[C@@H]1C(=O)OC(C)OC(=O)N(C)CCc1cc(-c2cccc(COC(=O)N(C)CC(=O)NCC(=O)OC(C)OC(=O)N(C)CCc3ccccn3)c2)ccn1. The van der Waals surface area contributed by atoms with E-state index in [2.05, 4.69) is 15.3 Å². The van der Waals surface area contributed by atoms with Crippen molar-refractivity contribution in [3.8, 4) is 11.1 Å². The third-order valence-electron chi connectivity index (χ3n) is 9.67. The number of pyridine rings is 2. The van der Waals surface area contributed by atoms with Crippen molar-refractivity contribution < 1.29 is 66.8 Å². The molecule has 0 aliphatic carbocycles. The summed E-state index contributed by atoms with van der Waals surface area (Å²) >= 11 is 0. The fourth-order valence-corrected chi connectivity index (χ4v) is 6.23. The van der Waals surface area contributed by atoms with E-state index < -0.39 is 86.3 Å². The summed E-state index contributed by atoms with van der Waals surface area (Å²) in [5.41, 5.74) is 3.74. The van der Waals surface area contributed by atoms with Gasteiger partial charge >= 0.3 is 36.2 Å². The van der Waals surface area contributed by atoms with Gasteiger partial charge in [0.1, 0.15) is 25.7 Å². The minimum atomic E-state index is -1.24. The van der Waals surface area contributed by atoms with Gasteiger partial charge in [-0.3, -0.25) is 29.1 Å². The first-order chi connectivity index (χ1) is 31.0. The normalized spacial score (nSPS) is 13.9. The molecule has 5 amide bonds. The first kappa shape index (κ1) is 50.3. The molecule has 0 spiro atoms. The predicted molar refractivity (Wildman–Crippen MR) is 228 cm³/mol. The van der Waals surface area contributed by atoms with Crippen LogP contribution in [-0.2, 0) is 71.8 Å². The monoisotopic (exact) mass is 905 g/mol. The molecule has 0 radical (unpaired) electrons. The zero-order chi connectivity index (χ0) is 47.5. The number of hydrogen-bond acceptors (Lipinski definition) is 16. The summed E-state index contributed by atoms with van der Waals surface area (Å²) in [7, 11) is 4.42. The Morgan fingerprint density at radius 3 is 2.08 bits per heavy atom. The van der Waals surface area contributed by atoms with Crippen LogP contribution in [0.3, 0.4) is 0 Å². The van der Waals surface area contributed by atoms with Crippen LogP contribution in [0, 0.1) is 0 Å². The minimum absolute atomic E-state index is 0.106. The number of nitrogens with zero attached hydrogens (tertiary/aromatic N) is 6. The van der Waals surface area contributed by atoms with E-state index in [1.54, 1.807) is 36.7 Å². The highest BCUT2D eigenvalue weighted by molar-refractivity contribution is 5.87. The van der Waals surface area contributed by atoms with E-state index in [0.717, 1.165) is 21.7 Å². The Morgan fingerprint density at radius 1 is 0.738 bits per heavy atom. The number of likely N-dealkylation sites (tertiary alicyclic amines) is 1. The van der Waals surface area contributed by atoms with Gasteiger partial charge in [-0.2, -0.15) is 0 Å². The average molecular weight is 906 g/mol. The van der Waals surface area contributed by atoms with Crippen LogP contribution in [0.25, 0.3) is 11.1 Å². The Morgan fingerprint density at radius 2 is 1.40 bits per heavy atom. The molecule has 21 nitrogen and oxygen atoms in total.